The van der Waals surface area contributed by atoms with Crippen molar-refractivity contribution in [2.75, 3.05) is 6.54 Å². The molecule has 0 spiro atoms. The van der Waals surface area contributed by atoms with Crippen LogP contribution >= 0.6 is 11.6 Å². The van der Waals surface area contributed by atoms with Gasteiger partial charge in [0.2, 0.25) is 15.9 Å². The summed E-state index contributed by atoms with van der Waals surface area (Å²) in [7, 11) is -3.93. The summed E-state index contributed by atoms with van der Waals surface area (Å²) in [4.78, 5) is 11.4. The van der Waals surface area contributed by atoms with E-state index in [1.165, 1.54) is 25.1 Å². The number of rotatable bonds is 5. The highest BCUT2D eigenvalue weighted by Gasteiger charge is 2.23. The summed E-state index contributed by atoms with van der Waals surface area (Å²) in [5, 5.41) is 11.1. The van der Waals surface area contributed by atoms with Gasteiger partial charge in [0.05, 0.1) is 22.7 Å². The van der Waals surface area contributed by atoms with Crippen molar-refractivity contribution in [2.45, 2.75) is 24.8 Å². The molecule has 0 aliphatic heterocycles. The maximum atomic E-state index is 12.1. The van der Waals surface area contributed by atoms with Crippen LogP contribution in [0.2, 0.25) is 5.02 Å². The fraction of sp³-hybridized carbons (Fsp3) is 0.333. The van der Waals surface area contributed by atoms with Crippen molar-refractivity contribution in [1.82, 2.24) is 10.0 Å². The molecular weight excluding hydrogens is 302 g/mol. The van der Waals surface area contributed by atoms with Gasteiger partial charge in [-0.2, -0.15) is 9.98 Å². The van der Waals surface area contributed by atoms with Crippen molar-refractivity contribution in [2.24, 2.45) is 0 Å². The molecule has 20 heavy (non-hydrogen) atoms. The highest BCUT2D eigenvalue weighted by molar-refractivity contribution is 7.89. The minimum absolute atomic E-state index is 0.0698. The minimum Gasteiger partial charge on any atom is -0.355 e. The molecule has 1 unspecified atom stereocenters. The van der Waals surface area contributed by atoms with E-state index in [-0.39, 0.29) is 15.5 Å². The SMILES string of the molecule is CCNC(=O)C(C)NS(=O)(=O)c1ccc(C#N)cc1Cl. The summed E-state index contributed by atoms with van der Waals surface area (Å²) in [6, 6.07) is 4.77. The van der Waals surface area contributed by atoms with Crippen LogP contribution in [-0.4, -0.2) is 26.9 Å². The second-order valence-corrected chi connectivity index (χ2v) is 6.08. The smallest absolute Gasteiger partial charge is 0.242 e. The van der Waals surface area contributed by atoms with Crippen molar-refractivity contribution in [3.8, 4) is 6.07 Å². The summed E-state index contributed by atoms with van der Waals surface area (Å²) in [6.45, 7) is 3.57. The summed E-state index contributed by atoms with van der Waals surface area (Å²) < 4.78 is 26.5. The second-order valence-electron chi connectivity index (χ2n) is 3.99. The number of carbonyl (C=O) groups is 1. The van der Waals surface area contributed by atoms with E-state index >= 15 is 0 Å². The van der Waals surface area contributed by atoms with Gasteiger partial charge < -0.3 is 5.32 Å². The van der Waals surface area contributed by atoms with Crippen LogP contribution in [0.5, 0.6) is 0 Å². The number of likely N-dealkylation sites (N-methyl/N-ethyl adjacent to an activating group) is 1. The zero-order valence-corrected chi connectivity index (χ0v) is 12.5. The van der Waals surface area contributed by atoms with Crippen molar-refractivity contribution >= 4 is 27.5 Å². The predicted octanol–water partition coefficient (Wildman–Crippen LogP) is 1.01. The van der Waals surface area contributed by atoms with Crippen LogP contribution < -0.4 is 10.0 Å². The van der Waals surface area contributed by atoms with E-state index in [2.05, 4.69) is 10.0 Å². The first-order valence-electron chi connectivity index (χ1n) is 5.81. The molecule has 1 aromatic carbocycles. The van der Waals surface area contributed by atoms with Gasteiger partial charge in [0.1, 0.15) is 4.90 Å². The standard InChI is InChI=1S/C12H14ClN3O3S/c1-3-15-12(17)8(2)16-20(18,19)11-5-4-9(7-14)6-10(11)13/h4-6,8,16H,3H2,1-2H3,(H,15,17). The fourth-order valence-corrected chi connectivity index (χ4v) is 3.21. The van der Waals surface area contributed by atoms with Crippen LogP contribution in [-0.2, 0) is 14.8 Å². The Balaban J connectivity index is 3.01. The van der Waals surface area contributed by atoms with E-state index < -0.39 is 22.0 Å². The average Bonchev–Trinajstić information content (AvgIpc) is 2.37. The third kappa shape index (κ3) is 3.93. The van der Waals surface area contributed by atoms with Gasteiger partial charge >= 0.3 is 0 Å². The Kier molecular flexibility index (Phi) is 5.51. The molecule has 8 heteroatoms. The number of nitriles is 1. The zero-order valence-electron chi connectivity index (χ0n) is 11.0. The van der Waals surface area contributed by atoms with E-state index in [0.29, 0.717) is 6.54 Å². The van der Waals surface area contributed by atoms with Gasteiger partial charge in [-0.15, -0.1) is 0 Å². The quantitative estimate of drug-likeness (QED) is 0.847. The van der Waals surface area contributed by atoms with Crippen LogP contribution in [0, 0.1) is 11.3 Å². The first-order valence-corrected chi connectivity index (χ1v) is 7.67. The Morgan fingerprint density at radius 3 is 2.65 bits per heavy atom. The third-order valence-electron chi connectivity index (χ3n) is 2.43. The van der Waals surface area contributed by atoms with Crippen LogP contribution in [0.25, 0.3) is 0 Å². The van der Waals surface area contributed by atoms with Gasteiger partial charge in [0.25, 0.3) is 0 Å². The van der Waals surface area contributed by atoms with Gasteiger partial charge in [0, 0.05) is 6.54 Å². The van der Waals surface area contributed by atoms with E-state index in [4.69, 9.17) is 16.9 Å². The molecule has 1 atom stereocenters. The molecular formula is C12H14ClN3O3S. The average molecular weight is 316 g/mol. The summed E-state index contributed by atoms with van der Waals surface area (Å²) in [6.07, 6.45) is 0. The van der Waals surface area contributed by atoms with E-state index in [0.717, 1.165) is 0 Å². The number of hydrogen-bond acceptors (Lipinski definition) is 4. The van der Waals surface area contributed by atoms with E-state index in [1.807, 2.05) is 6.07 Å². The van der Waals surface area contributed by atoms with Gasteiger partial charge in [-0.25, -0.2) is 8.42 Å². The maximum Gasteiger partial charge on any atom is 0.242 e. The Hall–Kier alpha value is -1.62. The van der Waals surface area contributed by atoms with Crippen molar-refractivity contribution in [3.05, 3.63) is 28.8 Å². The zero-order chi connectivity index (χ0) is 15.3. The lowest BCUT2D eigenvalue weighted by Gasteiger charge is -2.14. The summed E-state index contributed by atoms with van der Waals surface area (Å²) in [5.41, 5.74) is 0.255. The van der Waals surface area contributed by atoms with Crippen LogP contribution in [0.15, 0.2) is 23.1 Å². The number of benzene rings is 1. The lowest BCUT2D eigenvalue weighted by Crippen LogP contribution is -2.44. The van der Waals surface area contributed by atoms with Crippen LogP contribution in [0.4, 0.5) is 0 Å². The van der Waals surface area contributed by atoms with Gasteiger partial charge in [0.15, 0.2) is 0 Å². The molecule has 0 radical (unpaired) electrons. The molecule has 1 rings (SSSR count). The Labute approximate surface area is 122 Å². The lowest BCUT2D eigenvalue weighted by atomic mass is 10.2. The first-order chi connectivity index (χ1) is 9.31. The topological polar surface area (TPSA) is 99.1 Å². The maximum absolute atomic E-state index is 12.1. The fourth-order valence-electron chi connectivity index (χ4n) is 1.47. The number of nitrogens with zero attached hydrogens (tertiary/aromatic N) is 1. The number of halogens is 1. The molecule has 0 saturated heterocycles. The summed E-state index contributed by atoms with van der Waals surface area (Å²) in [5.74, 6) is -0.430. The molecule has 2 N–H and O–H groups in total. The third-order valence-corrected chi connectivity index (χ3v) is 4.45. The van der Waals surface area contributed by atoms with Gasteiger partial charge in [-0.1, -0.05) is 11.6 Å². The summed E-state index contributed by atoms with van der Waals surface area (Å²) >= 11 is 5.85. The van der Waals surface area contributed by atoms with Crippen molar-refractivity contribution in [1.29, 1.82) is 5.26 Å². The molecule has 0 saturated carbocycles. The molecule has 0 aliphatic carbocycles. The van der Waals surface area contributed by atoms with Gasteiger partial charge in [-0.3, -0.25) is 4.79 Å². The lowest BCUT2D eigenvalue weighted by molar-refractivity contribution is -0.122. The molecule has 6 nitrogen and oxygen atoms in total. The van der Waals surface area contributed by atoms with Crippen molar-refractivity contribution < 1.29 is 13.2 Å². The Bertz CT molecular complexity index is 652. The molecule has 0 bridgehead atoms. The number of amides is 1. The van der Waals surface area contributed by atoms with Crippen LogP contribution in [0.1, 0.15) is 19.4 Å². The molecule has 1 amide bonds. The first kappa shape index (κ1) is 16.4. The molecule has 0 heterocycles. The normalized spacial score (nSPS) is 12.5. The monoisotopic (exact) mass is 315 g/mol. The number of carbonyl (C=O) groups excluding carboxylic acids is 1. The number of nitrogens with one attached hydrogen (secondary N) is 2. The van der Waals surface area contributed by atoms with Gasteiger partial charge in [-0.05, 0) is 32.0 Å². The molecule has 0 aliphatic rings. The highest BCUT2D eigenvalue weighted by Crippen LogP contribution is 2.22. The van der Waals surface area contributed by atoms with E-state index in [9.17, 15) is 13.2 Å². The molecule has 1 aromatic rings. The largest absolute Gasteiger partial charge is 0.355 e. The van der Waals surface area contributed by atoms with Crippen molar-refractivity contribution in [3.63, 3.8) is 0 Å². The Morgan fingerprint density at radius 2 is 2.15 bits per heavy atom. The molecule has 0 aromatic heterocycles. The number of hydrogen-bond donors (Lipinski definition) is 2. The highest BCUT2D eigenvalue weighted by atomic mass is 35.5. The minimum atomic E-state index is -3.93. The Morgan fingerprint density at radius 1 is 1.50 bits per heavy atom. The number of sulfonamides is 1. The van der Waals surface area contributed by atoms with E-state index in [1.54, 1.807) is 6.92 Å². The van der Waals surface area contributed by atoms with Crippen LogP contribution in [0.3, 0.4) is 0 Å². The molecule has 108 valence electrons. The predicted molar refractivity (Wildman–Crippen MR) is 74.6 cm³/mol. The second kappa shape index (κ2) is 6.70. The molecule has 0 fully saturated rings.